The number of aromatic amines is 1. The van der Waals surface area contributed by atoms with Crippen molar-refractivity contribution in [2.45, 2.75) is 13.0 Å². The topological polar surface area (TPSA) is 79.0 Å². The normalized spacial score (nSPS) is 12.9. The van der Waals surface area contributed by atoms with Crippen LogP contribution in [-0.4, -0.2) is 35.8 Å². The number of aromatic nitrogens is 2. The molecule has 1 amide bonds. The molecule has 3 N–H and O–H groups in total. The molecule has 0 saturated carbocycles. The molecule has 0 unspecified atom stereocenters. The Balaban J connectivity index is 0.00000192. The zero-order valence-corrected chi connectivity index (χ0v) is 14.0. The first-order valence-electron chi connectivity index (χ1n) is 7.17. The molecule has 0 atom stereocenters. The third kappa shape index (κ3) is 4.37. The van der Waals surface area contributed by atoms with Crippen LogP contribution in [0.15, 0.2) is 24.3 Å². The Bertz CT molecular complexity index is 658. The van der Waals surface area contributed by atoms with E-state index in [4.69, 9.17) is 16.3 Å². The molecule has 0 fully saturated rings. The Hall–Kier alpha value is -1.76. The molecule has 0 radical (unpaired) electrons. The van der Waals surface area contributed by atoms with Gasteiger partial charge in [0.05, 0.1) is 6.54 Å². The Labute approximate surface area is 145 Å². The molecular weight excluding hydrogens is 339 g/mol. The van der Waals surface area contributed by atoms with Gasteiger partial charge in [-0.3, -0.25) is 9.89 Å². The monoisotopic (exact) mass is 356 g/mol. The minimum atomic E-state index is -0.180. The van der Waals surface area contributed by atoms with E-state index < -0.39 is 0 Å². The van der Waals surface area contributed by atoms with Crippen molar-refractivity contribution in [2.75, 3.05) is 19.7 Å². The number of nitrogens with zero attached hydrogens (tertiary/aromatic N) is 1. The number of rotatable bonds is 5. The van der Waals surface area contributed by atoms with E-state index >= 15 is 0 Å². The van der Waals surface area contributed by atoms with Crippen LogP contribution >= 0.6 is 24.0 Å². The molecule has 8 heteroatoms. The fourth-order valence-electron chi connectivity index (χ4n) is 2.36. The van der Waals surface area contributed by atoms with Gasteiger partial charge in [0, 0.05) is 35.8 Å². The molecule has 2 aromatic rings. The molecule has 23 heavy (non-hydrogen) atoms. The van der Waals surface area contributed by atoms with Gasteiger partial charge in [-0.1, -0.05) is 11.6 Å². The lowest BCUT2D eigenvalue weighted by Crippen LogP contribution is -2.31. The van der Waals surface area contributed by atoms with Crippen molar-refractivity contribution in [3.63, 3.8) is 0 Å². The summed E-state index contributed by atoms with van der Waals surface area (Å²) in [6.45, 7) is 2.38. The van der Waals surface area contributed by atoms with Crippen LogP contribution < -0.4 is 15.4 Å². The van der Waals surface area contributed by atoms with Gasteiger partial charge in [0.2, 0.25) is 0 Å². The molecule has 0 aliphatic carbocycles. The molecule has 0 saturated heterocycles. The van der Waals surface area contributed by atoms with Crippen LogP contribution in [0.4, 0.5) is 0 Å². The lowest BCUT2D eigenvalue weighted by Gasteiger charge is -2.13. The number of carbonyl (C=O) groups is 1. The second-order valence-electron chi connectivity index (χ2n) is 5.01. The van der Waals surface area contributed by atoms with E-state index in [-0.39, 0.29) is 18.3 Å². The van der Waals surface area contributed by atoms with E-state index in [0.29, 0.717) is 30.4 Å². The number of amides is 1. The largest absolute Gasteiger partial charge is 0.492 e. The Morgan fingerprint density at radius 1 is 1.35 bits per heavy atom. The zero-order chi connectivity index (χ0) is 15.4. The number of hydrogen-bond donors (Lipinski definition) is 3. The Morgan fingerprint density at radius 2 is 2.13 bits per heavy atom. The standard InChI is InChI=1S/C15H17ClN4O2.ClH/c16-10-1-3-11(4-2-10)22-8-7-18-15(21)14-12-9-17-6-5-13(12)19-20-14;/h1-4,17H,5-9H2,(H,18,21)(H,19,20);1H. The van der Waals surface area contributed by atoms with Gasteiger partial charge in [0.15, 0.2) is 5.69 Å². The number of H-pyrrole nitrogens is 1. The summed E-state index contributed by atoms with van der Waals surface area (Å²) >= 11 is 5.80. The summed E-state index contributed by atoms with van der Waals surface area (Å²) in [4.78, 5) is 12.1. The zero-order valence-electron chi connectivity index (χ0n) is 12.4. The molecule has 0 spiro atoms. The maximum atomic E-state index is 12.1. The first kappa shape index (κ1) is 17.6. The van der Waals surface area contributed by atoms with Crippen molar-refractivity contribution in [3.05, 3.63) is 46.2 Å². The third-order valence-corrected chi connectivity index (χ3v) is 3.74. The second-order valence-corrected chi connectivity index (χ2v) is 5.45. The van der Waals surface area contributed by atoms with Crippen LogP contribution in [0.1, 0.15) is 21.7 Å². The van der Waals surface area contributed by atoms with Crippen molar-refractivity contribution >= 4 is 29.9 Å². The Morgan fingerprint density at radius 3 is 2.91 bits per heavy atom. The SMILES string of the molecule is Cl.O=C(NCCOc1ccc(Cl)cc1)c1n[nH]c2c1CNCC2. The first-order valence-corrected chi connectivity index (χ1v) is 7.55. The van der Waals surface area contributed by atoms with E-state index in [9.17, 15) is 4.79 Å². The smallest absolute Gasteiger partial charge is 0.272 e. The van der Waals surface area contributed by atoms with Crippen LogP contribution in [0.25, 0.3) is 0 Å². The summed E-state index contributed by atoms with van der Waals surface area (Å²) in [5.74, 6) is 0.543. The van der Waals surface area contributed by atoms with Crippen molar-refractivity contribution in [2.24, 2.45) is 0 Å². The number of hydrogen-bond acceptors (Lipinski definition) is 4. The average molecular weight is 357 g/mol. The van der Waals surface area contributed by atoms with Crippen LogP contribution in [0.5, 0.6) is 5.75 Å². The van der Waals surface area contributed by atoms with Crippen molar-refractivity contribution in [1.29, 1.82) is 0 Å². The highest BCUT2D eigenvalue weighted by molar-refractivity contribution is 6.30. The number of ether oxygens (including phenoxy) is 1. The van der Waals surface area contributed by atoms with Gasteiger partial charge in [-0.25, -0.2) is 0 Å². The predicted octanol–water partition coefficient (Wildman–Crippen LogP) is 1.94. The Kier molecular flexibility index (Phi) is 6.27. The van der Waals surface area contributed by atoms with Gasteiger partial charge >= 0.3 is 0 Å². The fourth-order valence-corrected chi connectivity index (χ4v) is 2.49. The number of fused-ring (bicyclic) bond motifs is 1. The van der Waals surface area contributed by atoms with Crippen molar-refractivity contribution in [1.82, 2.24) is 20.8 Å². The van der Waals surface area contributed by atoms with Gasteiger partial charge in [-0.2, -0.15) is 5.10 Å². The molecule has 2 heterocycles. The van der Waals surface area contributed by atoms with E-state index in [1.807, 2.05) is 0 Å². The van der Waals surface area contributed by atoms with Crippen LogP contribution in [0.2, 0.25) is 5.02 Å². The summed E-state index contributed by atoms with van der Waals surface area (Å²) in [6.07, 6.45) is 0.870. The fraction of sp³-hybridized carbons (Fsp3) is 0.333. The van der Waals surface area contributed by atoms with Crippen LogP contribution in [-0.2, 0) is 13.0 Å². The molecule has 1 aliphatic rings. The van der Waals surface area contributed by atoms with E-state index in [2.05, 4.69) is 20.8 Å². The first-order chi connectivity index (χ1) is 10.7. The molecule has 1 aromatic carbocycles. The third-order valence-electron chi connectivity index (χ3n) is 3.49. The number of benzene rings is 1. The number of nitrogens with one attached hydrogen (secondary N) is 3. The summed E-state index contributed by atoms with van der Waals surface area (Å²) in [7, 11) is 0. The van der Waals surface area contributed by atoms with E-state index in [1.54, 1.807) is 24.3 Å². The summed E-state index contributed by atoms with van der Waals surface area (Å²) in [6, 6.07) is 7.11. The van der Waals surface area contributed by atoms with Gasteiger partial charge in [0.25, 0.3) is 5.91 Å². The van der Waals surface area contributed by atoms with E-state index in [0.717, 1.165) is 30.0 Å². The molecule has 6 nitrogen and oxygen atoms in total. The summed E-state index contributed by atoms with van der Waals surface area (Å²) in [5.41, 5.74) is 2.47. The van der Waals surface area contributed by atoms with Crippen molar-refractivity contribution < 1.29 is 9.53 Å². The molecular formula is C15H18Cl2N4O2. The van der Waals surface area contributed by atoms with Gasteiger partial charge in [-0.15, -0.1) is 12.4 Å². The molecule has 124 valence electrons. The number of halogens is 2. The predicted molar refractivity (Wildman–Crippen MR) is 90.5 cm³/mol. The molecule has 1 aliphatic heterocycles. The average Bonchev–Trinajstić information content (AvgIpc) is 2.97. The minimum absolute atomic E-state index is 0. The van der Waals surface area contributed by atoms with Gasteiger partial charge in [-0.05, 0) is 24.3 Å². The lowest BCUT2D eigenvalue weighted by molar-refractivity contribution is 0.0941. The quantitative estimate of drug-likeness (QED) is 0.715. The highest BCUT2D eigenvalue weighted by atomic mass is 35.5. The van der Waals surface area contributed by atoms with Gasteiger partial charge in [0.1, 0.15) is 12.4 Å². The lowest BCUT2D eigenvalue weighted by atomic mass is 10.1. The van der Waals surface area contributed by atoms with Gasteiger partial charge < -0.3 is 15.4 Å². The maximum absolute atomic E-state index is 12.1. The maximum Gasteiger partial charge on any atom is 0.272 e. The molecule has 1 aromatic heterocycles. The highest BCUT2D eigenvalue weighted by Gasteiger charge is 2.21. The molecule has 0 bridgehead atoms. The van der Waals surface area contributed by atoms with Crippen LogP contribution in [0, 0.1) is 0 Å². The van der Waals surface area contributed by atoms with Crippen molar-refractivity contribution in [3.8, 4) is 5.75 Å². The second kappa shape index (κ2) is 8.19. The number of carbonyl (C=O) groups excluding carboxylic acids is 1. The highest BCUT2D eigenvalue weighted by Crippen LogP contribution is 2.16. The summed E-state index contributed by atoms with van der Waals surface area (Å²) < 4.78 is 5.53. The van der Waals surface area contributed by atoms with Crippen LogP contribution in [0.3, 0.4) is 0 Å². The summed E-state index contributed by atoms with van der Waals surface area (Å²) in [5, 5.41) is 13.8. The minimum Gasteiger partial charge on any atom is -0.492 e. The van der Waals surface area contributed by atoms with E-state index in [1.165, 1.54) is 0 Å². The molecule has 3 rings (SSSR count).